The van der Waals surface area contributed by atoms with Gasteiger partial charge in [0.1, 0.15) is 18.1 Å². The summed E-state index contributed by atoms with van der Waals surface area (Å²) in [6.07, 6.45) is 1.23. The number of nitrogens with zero attached hydrogens (tertiary/aromatic N) is 5. The lowest BCUT2D eigenvalue weighted by Crippen LogP contribution is -2.34. The van der Waals surface area contributed by atoms with Crippen molar-refractivity contribution in [3.63, 3.8) is 0 Å². The van der Waals surface area contributed by atoms with Crippen molar-refractivity contribution in [1.29, 1.82) is 0 Å². The Bertz CT molecular complexity index is 1460. The van der Waals surface area contributed by atoms with Crippen LogP contribution in [0.25, 0.3) is 11.2 Å². The second-order valence-electron chi connectivity index (χ2n) is 9.47. The number of amides is 2. The number of nitrogens with two attached hydrogens (primary N) is 1. The first kappa shape index (κ1) is 33.3. The van der Waals surface area contributed by atoms with Gasteiger partial charge in [-0.05, 0) is 19.3 Å². The molecule has 5 N–H and O–H groups in total. The Kier molecular flexibility index (Phi) is 10.9. The maximum absolute atomic E-state index is 14.1. The molecule has 1 saturated heterocycles. The Morgan fingerprint density at radius 3 is 2.77 bits per heavy atom. The number of aromatic nitrogens is 4. The molecule has 2 aliphatic heterocycles. The zero-order valence-corrected chi connectivity index (χ0v) is 26.0. The van der Waals surface area contributed by atoms with Gasteiger partial charge in [0.15, 0.2) is 35.4 Å². The van der Waals surface area contributed by atoms with E-state index in [4.69, 9.17) is 34.1 Å². The maximum Gasteiger partial charge on any atom is 0.506 e. The van der Waals surface area contributed by atoms with Gasteiger partial charge in [0.05, 0.1) is 32.8 Å². The molecule has 18 nitrogen and oxygen atoms in total. The van der Waals surface area contributed by atoms with Gasteiger partial charge in [-0.3, -0.25) is 13.6 Å². The number of rotatable bonds is 13. The predicted molar refractivity (Wildman–Crippen MR) is 155 cm³/mol. The van der Waals surface area contributed by atoms with Crippen molar-refractivity contribution in [2.45, 2.75) is 44.8 Å². The Morgan fingerprint density at radius 1 is 1.34 bits per heavy atom. The van der Waals surface area contributed by atoms with E-state index in [1.165, 1.54) is 26.7 Å². The Balaban J connectivity index is 1.55. The summed E-state index contributed by atoms with van der Waals surface area (Å²) < 4.78 is 49.5. The number of carbonyl (C=O) groups is 2. The van der Waals surface area contributed by atoms with Gasteiger partial charge in [-0.1, -0.05) is 13.0 Å². The zero-order chi connectivity index (χ0) is 32.0. The van der Waals surface area contributed by atoms with E-state index in [1.807, 2.05) is 6.92 Å². The Morgan fingerprint density at radius 2 is 2.11 bits per heavy atom. The first-order valence-corrected chi connectivity index (χ1v) is 16.4. The molecule has 0 bridgehead atoms. The lowest BCUT2D eigenvalue weighted by Gasteiger charge is -2.25. The van der Waals surface area contributed by atoms with Crippen LogP contribution >= 0.6 is 18.2 Å². The normalized spacial score (nSPS) is 24.8. The molecule has 20 heteroatoms. The van der Waals surface area contributed by atoms with Gasteiger partial charge < -0.3 is 40.2 Å². The van der Waals surface area contributed by atoms with Crippen LogP contribution in [0.4, 0.5) is 15.4 Å². The maximum atomic E-state index is 14.1. The van der Waals surface area contributed by atoms with Crippen molar-refractivity contribution in [2.75, 3.05) is 39.0 Å². The number of fused-ring (bicyclic) bond motifs is 1. The van der Waals surface area contributed by atoms with Crippen molar-refractivity contribution >= 4 is 47.3 Å². The molecular weight excluding hydrogens is 625 g/mol. The van der Waals surface area contributed by atoms with Gasteiger partial charge in [-0.2, -0.15) is 0 Å². The molecular formula is C24H34N7O11PS. The van der Waals surface area contributed by atoms with Gasteiger partial charge in [-0.15, -0.1) is 0 Å². The highest BCUT2D eigenvalue weighted by Gasteiger charge is 2.47. The number of imidazole rings is 1. The summed E-state index contributed by atoms with van der Waals surface area (Å²) in [7, 11) is 2.69. The molecule has 2 aromatic heterocycles. The second kappa shape index (κ2) is 14.4. The molecule has 44 heavy (non-hydrogen) atoms. The zero-order valence-electron chi connectivity index (χ0n) is 24.3. The first-order chi connectivity index (χ1) is 21.0. The summed E-state index contributed by atoms with van der Waals surface area (Å²) in [6, 6.07) is -0.588. The highest BCUT2D eigenvalue weighted by Crippen LogP contribution is 2.63. The van der Waals surface area contributed by atoms with E-state index in [-0.39, 0.29) is 30.0 Å². The lowest BCUT2D eigenvalue weighted by atomic mass is 10.0. The first-order valence-electron chi connectivity index (χ1n) is 13.3. The highest BCUT2D eigenvalue weighted by atomic mass is 32.7. The van der Waals surface area contributed by atoms with Crippen molar-refractivity contribution in [3.8, 4) is 0 Å². The third-order valence-corrected chi connectivity index (χ3v) is 10.0. The van der Waals surface area contributed by atoms with Crippen LogP contribution in [0.15, 0.2) is 36.6 Å². The number of hydrogen-bond donors (Lipinski definition) is 4. The number of carboxylic acid groups (broad SMARTS) is 1. The SMILES string of the molecule is C/C=C\N(C(=O)NC)C1=C(OC)C(O[P@](=O)(OC[C@H]2OC(n3cnc4c(N)ncnc43)CC2C)SCOC(=O)O)[C@@H](CO)O1. The molecule has 0 aliphatic carbocycles. The standard InChI is InChI=1S/C24H34N7O11PS/c1-5-6-30(23(33)26-3)22-19(37-4)18(14(8-32)41-22)42-43(36,44-12-38-24(34)35)39-9-15-13(2)7-16(40-15)31-11-29-17-20(25)27-10-28-21(17)31/h5-6,10-11,13-16,18,32H,7-9,12H2,1-4H3,(H,26,33)(H,34,35)(H2,25,27,28)/b6-5-/t13?,14-,15-,16?,18?,43+/m1/s1. The van der Waals surface area contributed by atoms with Crippen LogP contribution in [-0.4, -0.2) is 98.4 Å². The monoisotopic (exact) mass is 659 g/mol. The van der Waals surface area contributed by atoms with Crippen LogP contribution in [0, 0.1) is 5.92 Å². The van der Waals surface area contributed by atoms with Gasteiger partial charge in [0.25, 0.3) is 0 Å². The summed E-state index contributed by atoms with van der Waals surface area (Å²) >= 11 is 0.466. The number of hydrogen-bond acceptors (Lipinski definition) is 15. The van der Waals surface area contributed by atoms with E-state index >= 15 is 0 Å². The molecule has 2 amide bonds. The number of nitrogen functional groups attached to an aromatic ring is 1. The van der Waals surface area contributed by atoms with Gasteiger partial charge in [-0.25, -0.2) is 34.0 Å². The van der Waals surface area contributed by atoms with Crippen molar-refractivity contribution in [2.24, 2.45) is 5.92 Å². The molecule has 0 radical (unpaired) electrons. The summed E-state index contributed by atoms with van der Waals surface area (Å²) in [5.74, 6) is -0.633. The molecule has 0 spiro atoms. The summed E-state index contributed by atoms with van der Waals surface area (Å²) in [4.78, 5) is 37.1. The molecule has 6 atom stereocenters. The topological polar surface area (TPSA) is 232 Å². The van der Waals surface area contributed by atoms with Crippen molar-refractivity contribution in [1.82, 2.24) is 29.7 Å². The fourth-order valence-electron chi connectivity index (χ4n) is 4.55. The van der Waals surface area contributed by atoms with Crippen LogP contribution in [0.5, 0.6) is 0 Å². The van der Waals surface area contributed by atoms with Crippen LogP contribution < -0.4 is 11.1 Å². The number of allylic oxidation sites excluding steroid dienone is 1. The van der Waals surface area contributed by atoms with Gasteiger partial charge >= 0.3 is 19.0 Å². The molecule has 3 unspecified atom stereocenters. The highest BCUT2D eigenvalue weighted by molar-refractivity contribution is 8.55. The van der Waals surface area contributed by atoms with Crippen LogP contribution in [0.3, 0.4) is 0 Å². The third-order valence-electron chi connectivity index (χ3n) is 6.69. The second-order valence-corrected chi connectivity index (χ2v) is 13.4. The number of aliphatic hydroxyl groups excluding tert-OH is 1. The minimum absolute atomic E-state index is 0.0619. The molecule has 4 heterocycles. The number of methoxy groups -OCH3 is 1. The molecule has 1 fully saturated rings. The number of aliphatic hydroxyl groups is 1. The van der Waals surface area contributed by atoms with E-state index in [0.29, 0.717) is 29.0 Å². The third kappa shape index (κ3) is 7.19. The number of urea groups is 1. The lowest BCUT2D eigenvalue weighted by molar-refractivity contribution is -0.0302. The van der Waals surface area contributed by atoms with E-state index in [1.54, 1.807) is 23.9 Å². The average Bonchev–Trinajstić information content (AvgIpc) is 3.69. The van der Waals surface area contributed by atoms with Crippen LogP contribution in [0.1, 0.15) is 26.5 Å². The number of carbonyl (C=O) groups excluding carboxylic acids is 1. The predicted octanol–water partition coefficient (Wildman–Crippen LogP) is 2.61. The summed E-state index contributed by atoms with van der Waals surface area (Å²) in [5.41, 5.74) is 6.82. The van der Waals surface area contributed by atoms with Crippen molar-refractivity contribution in [3.05, 3.63) is 36.6 Å². The fourth-order valence-corrected chi connectivity index (χ4v) is 7.28. The van der Waals surface area contributed by atoms with E-state index < -0.39 is 56.1 Å². The van der Waals surface area contributed by atoms with E-state index in [2.05, 4.69) is 25.0 Å². The average molecular weight is 660 g/mol. The number of nitrogens with one attached hydrogen (secondary N) is 1. The molecule has 242 valence electrons. The molecule has 0 aromatic carbocycles. The molecule has 0 saturated carbocycles. The fraction of sp³-hybridized carbons (Fsp3) is 0.542. The molecule has 2 aromatic rings. The van der Waals surface area contributed by atoms with Crippen LogP contribution in [0.2, 0.25) is 0 Å². The van der Waals surface area contributed by atoms with E-state index in [9.17, 15) is 19.3 Å². The quantitative estimate of drug-likeness (QED) is 0.137. The minimum atomic E-state index is -4.28. The molecule has 2 aliphatic rings. The van der Waals surface area contributed by atoms with Gasteiger partial charge in [0.2, 0.25) is 5.88 Å². The summed E-state index contributed by atoms with van der Waals surface area (Å²) in [6.45, 7) is -1.54. The molecule has 4 rings (SSSR count). The Hall–Kier alpha value is -3.61. The van der Waals surface area contributed by atoms with Gasteiger partial charge in [0, 0.05) is 24.6 Å². The van der Waals surface area contributed by atoms with E-state index in [0.717, 1.165) is 4.90 Å². The number of ether oxygens (including phenoxy) is 4. The largest absolute Gasteiger partial charge is 0.506 e. The summed E-state index contributed by atoms with van der Waals surface area (Å²) in [5, 5.41) is 21.5. The smallest absolute Gasteiger partial charge is 0.493 e. The minimum Gasteiger partial charge on any atom is -0.493 e. The van der Waals surface area contributed by atoms with Crippen LogP contribution in [-0.2, 0) is 32.6 Å². The Labute approximate surface area is 255 Å². The van der Waals surface area contributed by atoms with Crippen molar-refractivity contribution < 1.29 is 52.4 Å². The number of anilines is 1.